The summed E-state index contributed by atoms with van der Waals surface area (Å²) >= 11 is 0. The number of carbonyl (C=O) groups excluding carboxylic acids is 1. The lowest BCUT2D eigenvalue weighted by Gasteiger charge is -2.36. The van der Waals surface area contributed by atoms with Gasteiger partial charge in [-0.3, -0.25) is 4.79 Å². The molecule has 1 saturated heterocycles. The van der Waals surface area contributed by atoms with Crippen LogP contribution in [0.5, 0.6) is 0 Å². The first-order valence-electron chi connectivity index (χ1n) is 7.23. The summed E-state index contributed by atoms with van der Waals surface area (Å²) in [5.41, 5.74) is 0. The van der Waals surface area contributed by atoms with Crippen LogP contribution in [0.2, 0.25) is 0 Å². The van der Waals surface area contributed by atoms with Gasteiger partial charge in [0.2, 0.25) is 5.91 Å². The average Bonchev–Trinajstić information content (AvgIpc) is 2.38. The van der Waals surface area contributed by atoms with E-state index < -0.39 is 0 Å². The van der Waals surface area contributed by atoms with Gasteiger partial charge >= 0.3 is 0 Å². The molecule has 1 unspecified atom stereocenters. The zero-order valence-electron chi connectivity index (χ0n) is 11.7. The maximum atomic E-state index is 12.4. The van der Waals surface area contributed by atoms with E-state index in [1.807, 2.05) is 0 Å². The zero-order valence-corrected chi connectivity index (χ0v) is 12.5. The van der Waals surface area contributed by atoms with E-state index in [9.17, 15) is 4.79 Å². The first-order valence-corrected chi connectivity index (χ1v) is 7.23. The molecule has 18 heavy (non-hydrogen) atoms. The van der Waals surface area contributed by atoms with Crippen LogP contribution >= 0.6 is 12.4 Å². The lowest BCUT2D eigenvalue weighted by molar-refractivity contribution is -0.138. The predicted molar refractivity (Wildman–Crippen MR) is 77.0 cm³/mol. The molecule has 0 radical (unpaired) electrons. The van der Waals surface area contributed by atoms with E-state index >= 15 is 0 Å². The summed E-state index contributed by atoms with van der Waals surface area (Å²) in [7, 11) is 0. The predicted octanol–water partition coefficient (Wildman–Crippen LogP) is 2.44. The molecule has 2 aliphatic rings. The van der Waals surface area contributed by atoms with Crippen molar-refractivity contribution in [2.75, 3.05) is 19.6 Å². The number of nitrogens with zero attached hydrogens (tertiary/aromatic N) is 1. The number of halogens is 1. The van der Waals surface area contributed by atoms with E-state index in [1.165, 1.54) is 19.3 Å². The Hall–Kier alpha value is -0.280. The van der Waals surface area contributed by atoms with Crippen LogP contribution in [0.1, 0.15) is 46.0 Å². The molecular weight excluding hydrogens is 248 g/mol. The van der Waals surface area contributed by atoms with E-state index in [-0.39, 0.29) is 12.4 Å². The second kappa shape index (κ2) is 7.34. The molecule has 1 aliphatic heterocycles. The van der Waals surface area contributed by atoms with Crippen LogP contribution in [0.15, 0.2) is 0 Å². The number of hydrogen-bond acceptors (Lipinski definition) is 2. The second-order valence-corrected chi connectivity index (χ2v) is 5.77. The van der Waals surface area contributed by atoms with Crippen molar-refractivity contribution in [1.82, 2.24) is 10.2 Å². The average molecular weight is 275 g/mol. The van der Waals surface area contributed by atoms with Crippen molar-refractivity contribution < 1.29 is 4.79 Å². The van der Waals surface area contributed by atoms with Gasteiger partial charge in [-0.2, -0.15) is 0 Å². The third-order valence-electron chi connectivity index (χ3n) is 4.45. The fourth-order valence-corrected chi connectivity index (χ4v) is 3.21. The van der Waals surface area contributed by atoms with E-state index in [1.54, 1.807) is 0 Å². The highest BCUT2D eigenvalue weighted by Crippen LogP contribution is 2.31. The Morgan fingerprint density at radius 3 is 2.50 bits per heavy atom. The van der Waals surface area contributed by atoms with Crippen molar-refractivity contribution >= 4 is 18.3 Å². The standard InChI is InChI=1S/C14H26N2O.ClH/c1-3-12-4-6-13(7-5-12)14(17)16-9-8-15-11(2)10-16;/h11-13,15H,3-10H2,1-2H3;1H. The first-order chi connectivity index (χ1) is 8.20. The van der Waals surface area contributed by atoms with Gasteiger partial charge in [0.05, 0.1) is 0 Å². The van der Waals surface area contributed by atoms with Crippen molar-refractivity contribution in [3.05, 3.63) is 0 Å². The summed E-state index contributed by atoms with van der Waals surface area (Å²) in [4.78, 5) is 14.5. The molecule has 106 valence electrons. The van der Waals surface area contributed by atoms with Crippen molar-refractivity contribution in [1.29, 1.82) is 0 Å². The monoisotopic (exact) mass is 274 g/mol. The molecule has 1 aliphatic carbocycles. The van der Waals surface area contributed by atoms with Gasteiger partial charge in [-0.15, -0.1) is 12.4 Å². The Bertz CT molecular complexity index is 265. The number of hydrogen-bond donors (Lipinski definition) is 1. The van der Waals surface area contributed by atoms with Gasteiger partial charge in [0.15, 0.2) is 0 Å². The van der Waals surface area contributed by atoms with Gasteiger partial charge in [-0.05, 0) is 38.5 Å². The quantitative estimate of drug-likeness (QED) is 0.839. The summed E-state index contributed by atoms with van der Waals surface area (Å²) in [6.45, 7) is 7.18. The minimum absolute atomic E-state index is 0. The number of amides is 1. The van der Waals surface area contributed by atoms with Gasteiger partial charge in [0.25, 0.3) is 0 Å². The molecular formula is C14H27ClN2O. The SMILES string of the molecule is CCC1CCC(C(=O)N2CCNC(C)C2)CC1.Cl. The topological polar surface area (TPSA) is 32.3 Å². The Kier molecular flexibility index (Phi) is 6.44. The molecule has 0 aromatic rings. The third-order valence-corrected chi connectivity index (χ3v) is 4.45. The normalized spacial score (nSPS) is 32.8. The Balaban J connectivity index is 0.00000162. The summed E-state index contributed by atoms with van der Waals surface area (Å²) in [6, 6.07) is 0.458. The van der Waals surface area contributed by atoms with Gasteiger partial charge in [-0.1, -0.05) is 13.3 Å². The Morgan fingerprint density at radius 1 is 1.28 bits per heavy atom. The van der Waals surface area contributed by atoms with Gasteiger partial charge in [-0.25, -0.2) is 0 Å². The summed E-state index contributed by atoms with van der Waals surface area (Å²) < 4.78 is 0. The summed E-state index contributed by atoms with van der Waals surface area (Å²) in [5.74, 6) is 1.62. The van der Waals surface area contributed by atoms with Crippen LogP contribution in [0.3, 0.4) is 0 Å². The molecule has 1 amide bonds. The number of carbonyl (C=O) groups is 1. The molecule has 2 fully saturated rings. The van der Waals surface area contributed by atoms with Crippen molar-refractivity contribution in [3.63, 3.8) is 0 Å². The maximum absolute atomic E-state index is 12.4. The van der Waals surface area contributed by atoms with Crippen LogP contribution in [-0.4, -0.2) is 36.5 Å². The van der Waals surface area contributed by atoms with Gasteiger partial charge in [0.1, 0.15) is 0 Å². The lowest BCUT2D eigenvalue weighted by Crippen LogP contribution is -2.53. The van der Waals surface area contributed by atoms with E-state index in [4.69, 9.17) is 0 Å². The zero-order chi connectivity index (χ0) is 12.3. The molecule has 0 bridgehead atoms. The Morgan fingerprint density at radius 2 is 1.94 bits per heavy atom. The molecule has 0 aromatic carbocycles. The number of nitrogens with one attached hydrogen (secondary N) is 1. The van der Waals surface area contributed by atoms with E-state index in [0.29, 0.717) is 17.9 Å². The molecule has 1 atom stereocenters. The van der Waals surface area contributed by atoms with Crippen molar-refractivity contribution in [2.45, 2.75) is 52.0 Å². The van der Waals surface area contributed by atoms with Crippen LogP contribution in [0, 0.1) is 11.8 Å². The second-order valence-electron chi connectivity index (χ2n) is 5.77. The van der Waals surface area contributed by atoms with Crippen LogP contribution in [0.4, 0.5) is 0 Å². The van der Waals surface area contributed by atoms with Crippen LogP contribution in [-0.2, 0) is 4.79 Å². The van der Waals surface area contributed by atoms with E-state index in [0.717, 1.165) is 38.4 Å². The Labute approximate surface area is 117 Å². The largest absolute Gasteiger partial charge is 0.340 e. The minimum atomic E-state index is 0. The van der Waals surface area contributed by atoms with Gasteiger partial charge in [0, 0.05) is 31.6 Å². The van der Waals surface area contributed by atoms with Gasteiger partial charge < -0.3 is 10.2 Å². The highest BCUT2D eigenvalue weighted by Gasteiger charge is 2.30. The maximum Gasteiger partial charge on any atom is 0.225 e. The molecule has 0 aromatic heterocycles. The van der Waals surface area contributed by atoms with Crippen LogP contribution in [0.25, 0.3) is 0 Å². The molecule has 2 rings (SSSR count). The third kappa shape index (κ3) is 3.86. The number of rotatable bonds is 2. The number of piperazine rings is 1. The fourth-order valence-electron chi connectivity index (χ4n) is 3.21. The minimum Gasteiger partial charge on any atom is -0.340 e. The molecule has 1 N–H and O–H groups in total. The molecule has 0 spiro atoms. The highest BCUT2D eigenvalue weighted by atomic mass is 35.5. The molecule has 4 heteroatoms. The first kappa shape index (κ1) is 15.8. The molecule has 1 heterocycles. The fraction of sp³-hybridized carbons (Fsp3) is 0.929. The van der Waals surface area contributed by atoms with Crippen LogP contribution < -0.4 is 5.32 Å². The smallest absolute Gasteiger partial charge is 0.225 e. The van der Waals surface area contributed by atoms with Crippen molar-refractivity contribution in [3.8, 4) is 0 Å². The summed E-state index contributed by atoms with van der Waals surface area (Å²) in [5, 5.41) is 3.39. The van der Waals surface area contributed by atoms with E-state index in [2.05, 4.69) is 24.1 Å². The lowest BCUT2D eigenvalue weighted by atomic mass is 9.80. The molecule has 1 saturated carbocycles. The van der Waals surface area contributed by atoms with Crippen molar-refractivity contribution in [2.24, 2.45) is 11.8 Å². The molecule has 3 nitrogen and oxygen atoms in total. The summed E-state index contributed by atoms with van der Waals surface area (Å²) in [6.07, 6.45) is 6.04. The highest BCUT2D eigenvalue weighted by molar-refractivity contribution is 5.85.